The van der Waals surface area contributed by atoms with Crippen LogP contribution in [0.2, 0.25) is 0 Å². The summed E-state index contributed by atoms with van der Waals surface area (Å²) in [6.07, 6.45) is 0.149. The van der Waals surface area contributed by atoms with Gasteiger partial charge in [-0.1, -0.05) is 12.1 Å². The summed E-state index contributed by atoms with van der Waals surface area (Å²) < 4.78 is 4.52. The van der Waals surface area contributed by atoms with E-state index in [9.17, 15) is 14.4 Å². The molecule has 0 aliphatic rings. The van der Waals surface area contributed by atoms with Crippen LogP contribution < -0.4 is 11.1 Å². The van der Waals surface area contributed by atoms with Gasteiger partial charge in [-0.05, 0) is 17.7 Å². The molecule has 2 amide bonds. The standard InChI is InChI=1S/C14H15N3O4/c1-9(18)21-8-13(19)17-12(14(16)20)6-10-3-2-4-11(5-10)7-15/h2-5,12H,6,8H2,1H3,(H2,16,20)(H,17,19)/t12-/m0/s1. The van der Waals surface area contributed by atoms with Crippen molar-refractivity contribution in [3.05, 3.63) is 35.4 Å². The molecule has 1 aromatic rings. The molecule has 0 spiro atoms. The van der Waals surface area contributed by atoms with Crippen molar-refractivity contribution in [2.24, 2.45) is 5.73 Å². The number of nitrogens with one attached hydrogen (secondary N) is 1. The van der Waals surface area contributed by atoms with E-state index in [1.807, 2.05) is 6.07 Å². The third-order valence-electron chi connectivity index (χ3n) is 2.58. The molecule has 3 N–H and O–H groups in total. The molecule has 0 heterocycles. The van der Waals surface area contributed by atoms with Gasteiger partial charge < -0.3 is 15.8 Å². The second kappa shape index (κ2) is 7.65. The Kier molecular flexibility index (Phi) is 5.89. The molecule has 0 saturated heterocycles. The molecule has 0 fully saturated rings. The first-order valence-corrected chi connectivity index (χ1v) is 6.13. The van der Waals surface area contributed by atoms with Gasteiger partial charge in [0.1, 0.15) is 6.04 Å². The maximum atomic E-state index is 11.5. The number of hydrogen-bond acceptors (Lipinski definition) is 5. The molecule has 0 aliphatic carbocycles. The number of ether oxygens (including phenoxy) is 1. The predicted molar refractivity (Wildman–Crippen MR) is 72.6 cm³/mol. The van der Waals surface area contributed by atoms with Gasteiger partial charge in [-0.2, -0.15) is 5.26 Å². The number of rotatable bonds is 6. The molecule has 0 saturated carbocycles. The molecule has 110 valence electrons. The Morgan fingerprint density at radius 1 is 1.43 bits per heavy atom. The van der Waals surface area contributed by atoms with Crippen molar-refractivity contribution >= 4 is 17.8 Å². The SMILES string of the molecule is CC(=O)OCC(=O)N[C@@H](Cc1cccc(C#N)c1)C(N)=O. The van der Waals surface area contributed by atoms with E-state index in [0.717, 1.165) is 0 Å². The van der Waals surface area contributed by atoms with Gasteiger partial charge >= 0.3 is 5.97 Å². The minimum absolute atomic E-state index is 0.149. The number of primary amides is 1. The predicted octanol–water partition coefficient (Wildman–Crippen LogP) is -0.366. The smallest absolute Gasteiger partial charge is 0.303 e. The summed E-state index contributed by atoms with van der Waals surface area (Å²) in [5, 5.41) is 11.2. The van der Waals surface area contributed by atoms with Gasteiger partial charge in [-0.25, -0.2) is 0 Å². The van der Waals surface area contributed by atoms with Gasteiger partial charge in [0.05, 0.1) is 11.6 Å². The molecule has 0 aromatic heterocycles. The first-order chi connectivity index (χ1) is 9.92. The monoisotopic (exact) mass is 289 g/mol. The fourth-order valence-corrected chi connectivity index (χ4v) is 1.63. The van der Waals surface area contributed by atoms with Gasteiger partial charge in [-0.15, -0.1) is 0 Å². The third-order valence-corrected chi connectivity index (χ3v) is 2.58. The Balaban J connectivity index is 2.69. The summed E-state index contributed by atoms with van der Waals surface area (Å²) in [6.45, 7) is 0.698. The number of carbonyl (C=O) groups excluding carboxylic acids is 3. The Morgan fingerprint density at radius 2 is 2.14 bits per heavy atom. The summed E-state index contributed by atoms with van der Waals surface area (Å²) in [7, 11) is 0. The summed E-state index contributed by atoms with van der Waals surface area (Å²) in [6, 6.07) is 7.66. The number of nitrogens with two attached hydrogens (primary N) is 1. The zero-order chi connectivity index (χ0) is 15.8. The summed E-state index contributed by atoms with van der Waals surface area (Å²) in [4.78, 5) is 33.5. The lowest BCUT2D eigenvalue weighted by Gasteiger charge is -2.15. The van der Waals surface area contributed by atoms with Gasteiger partial charge in [0, 0.05) is 13.3 Å². The molecule has 1 atom stereocenters. The van der Waals surface area contributed by atoms with Crippen LogP contribution in [-0.4, -0.2) is 30.4 Å². The number of nitrogens with zero attached hydrogens (tertiary/aromatic N) is 1. The van der Waals surface area contributed by atoms with Crippen LogP contribution >= 0.6 is 0 Å². The highest BCUT2D eigenvalue weighted by Gasteiger charge is 2.19. The Bertz CT molecular complexity index is 592. The highest BCUT2D eigenvalue weighted by molar-refractivity contribution is 5.88. The molecule has 1 aromatic carbocycles. The van der Waals surface area contributed by atoms with Crippen LogP contribution in [0, 0.1) is 11.3 Å². The Labute approximate surface area is 121 Å². The molecule has 0 aliphatic heterocycles. The van der Waals surface area contributed by atoms with Crippen molar-refractivity contribution in [1.29, 1.82) is 5.26 Å². The highest BCUT2D eigenvalue weighted by Crippen LogP contribution is 2.07. The molecule has 0 radical (unpaired) electrons. The summed E-state index contributed by atoms with van der Waals surface area (Å²) >= 11 is 0. The van der Waals surface area contributed by atoms with E-state index in [4.69, 9.17) is 11.0 Å². The van der Waals surface area contributed by atoms with Gasteiger partial charge in [0.15, 0.2) is 6.61 Å². The topological polar surface area (TPSA) is 122 Å². The molecular formula is C14H15N3O4. The van der Waals surface area contributed by atoms with Crippen molar-refractivity contribution in [2.75, 3.05) is 6.61 Å². The number of benzene rings is 1. The molecule has 0 unspecified atom stereocenters. The number of amides is 2. The molecule has 1 rings (SSSR count). The summed E-state index contributed by atoms with van der Waals surface area (Å²) in [5.74, 6) is -1.93. The molecule has 7 nitrogen and oxygen atoms in total. The van der Waals surface area contributed by atoms with Crippen LogP contribution in [-0.2, 0) is 25.5 Å². The zero-order valence-corrected chi connectivity index (χ0v) is 11.5. The largest absolute Gasteiger partial charge is 0.456 e. The van der Waals surface area contributed by atoms with Gasteiger partial charge in [-0.3, -0.25) is 14.4 Å². The normalized spacial score (nSPS) is 11.0. The third kappa shape index (κ3) is 5.74. The van der Waals surface area contributed by atoms with Crippen LogP contribution in [0.1, 0.15) is 18.1 Å². The molecule has 7 heteroatoms. The second-order valence-electron chi connectivity index (χ2n) is 4.32. The van der Waals surface area contributed by atoms with Crippen molar-refractivity contribution in [2.45, 2.75) is 19.4 Å². The zero-order valence-electron chi connectivity index (χ0n) is 11.5. The van der Waals surface area contributed by atoms with E-state index in [1.165, 1.54) is 6.92 Å². The van der Waals surface area contributed by atoms with Gasteiger partial charge in [0.2, 0.25) is 5.91 Å². The minimum Gasteiger partial charge on any atom is -0.456 e. The van der Waals surface area contributed by atoms with Crippen molar-refractivity contribution in [1.82, 2.24) is 5.32 Å². The quantitative estimate of drug-likeness (QED) is 0.692. The van der Waals surface area contributed by atoms with Crippen molar-refractivity contribution in [3.8, 4) is 6.07 Å². The van der Waals surface area contributed by atoms with E-state index in [0.29, 0.717) is 11.1 Å². The van der Waals surface area contributed by atoms with Gasteiger partial charge in [0.25, 0.3) is 5.91 Å². The molecule has 21 heavy (non-hydrogen) atoms. The van der Waals surface area contributed by atoms with Crippen LogP contribution in [0.5, 0.6) is 0 Å². The van der Waals surface area contributed by atoms with Crippen molar-refractivity contribution < 1.29 is 19.1 Å². The fourth-order valence-electron chi connectivity index (χ4n) is 1.63. The molecule has 0 bridgehead atoms. The van der Waals surface area contributed by atoms with Crippen LogP contribution in [0.4, 0.5) is 0 Å². The maximum absolute atomic E-state index is 11.5. The van der Waals surface area contributed by atoms with E-state index < -0.39 is 30.4 Å². The number of hydrogen-bond donors (Lipinski definition) is 2. The minimum atomic E-state index is -0.943. The Hall–Kier alpha value is -2.88. The average Bonchev–Trinajstić information content (AvgIpc) is 2.44. The van der Waals surface area contributed by atoms with E-state index in [1.54, 1.807) is 24.3 Å². The Morgan fingerprint density at radius 3 is 2.71 bits per heavy atom. The van der Waals surface area contributed by atoms with E-state index >= 15 is 0 Å². The lowest BCUT2D eigenvalue weighted by Crippen LogP contribution is -2.47. The highest BCUT2D eigenvalue weighted by atomic mass is 16.5. The number of carbonyl (C=O) groups is 3. The van der Waals surface area contributed by atoms with Crippen LogP contribution in [0.15, 0.2) is 24.3 Å². The first-order valence-electron chi connectivity index (χ1n) is 6.13. The van der Waals surface area contributed by atoms with Crippen LogP contribution in [0.3, 0.4) is 0 Å². The van der Waals surface area contributed by atoms with E-state index in [2.05, 4.69) is 10.1 Å². The lowest BCUT2D eigenvalue weighted by molar-refractivity contribution is -0.146. The fraction of sp³-hybridized carbons (Fsp3) is 0.286. The average molecular weight is 289 g/mol. The number of esters is 1. The van der Waals surface area contributed by atoms with Crippen molar-refractivity contribution in [3.63, 3.8) is 0 Å². The molecular weight excluding hydrogens is 274 g/mol. The number of nitriles is 1. The lowest BCUT2D eigenvalue weighted by atomic mass is 10.0. The van der Waals surface area contributed by atoms with Crippen LogP contribution in [0.25, 0.3) is 0 Å². The first kappa shape index (κ1) is 16.2. The van der Waals surface area contributed by atoms with E-state index in [-0.39, 0.29) is 6.42 Å². The summed E-state index contributed by atoms with van der Waals surface area (Å²) in [5.41, 5.74) is 6.36. The maximum Gasteiger partial charge on any atom is 0.303 e. The second-order valence-corrected chi connectivity index (χ2v) is 4.32.